The summed E-state index contributed by atoms with van der Waals surface area (Å²) in [5, 5.41) is 1.69. The van der Waals surface area contributed by atoms with Gasteiger partial charge in [0.05, 0.1) is 7.11 Å². The van der Waals surface area contributed by atoms with Crippen LogP contribution in [0.15, 0.2) is 36.4 Å². The number of benzene rings is 2. The molecule has 2 aromatic carbocycles. The number of hydrogen-bond acceptors (Lipinski definition) is 4. The number of carbonyl (C=O) groups excluding carboxylic acids is 1. The second-order valence-corrected chi connectivity index (χ2v) is 5.38. The van der Waals surface area contributed by atoms with Crippen molar-refractivity contribution < 1.29 is 19.0 Å². The summed E-state index contributed by atoms with van der Waals surface area (Å²) in [5.41, 5.74) is -0.584. The molecule has 0 aliphatic carbocycles. The van der Waals surface area contributed by atoms with E-state index in [0.717, 1.165) is 16.5 Å². The Balaban J connectivity index is 2.34. The zero-order chi connectivity index (χ0) is 14.8. The van der Waals surface area contributed by atoms with E-state index in [1.54, 1.807) is 33.9 Å². The Hall–Kier alpha value is -2.23. The Kier molecular flexibility index (Phi) is 3.84. The van der Waals surface area contributed by atoms with Crippen LogP contribution >= 0.6 is 0 Å². The quantitative estimate of drug-likeness (QED) is 0.609. The Morgan fingerprint density at radius 3 is 2.05 bits per heavy atom. The number of carbonyl (C=O) groups is 1. The molecule has 0 aromatic heterocycles. The van der Waals surface area contributed by atoms with Crippen molar-refractivity contribution >= 4 is 16.9 Å². The van der Waals surface area contributed by atoms with Crippen molar-refractivity contribution in [1.29, 1.82) is 0 Å². The molecule has 4 nitrogen and oxygen atoms in total. The largest absolute Gasteiger partial charge is 0.514 e. The molecule has 0 aliphatic rings. The molecule has 4 heteroatoms. The van der Waals surface area contributed by atoms with E-state index in [-0.39, 0.29) is 0 Å². The zero-order valence-corrected chi connectivity index (χ0v) is 12.1. The standard InChI is InChI=1S/C16H18O4/c1-16(2,3)20-15(17)19-14-10-6-7-11-12(14)8-5-9-13(11)18-4/h5-10H,1-4H3. The highest BCUT2D eigenvalue weighted by Crippen LogP contribution is 2.32. The van der Waals surface area contributed by atoms with Gasteiger partial charge < -0.3 is 14.2 Å². The van der Waals surface area contributed by atoms with E-state index < -0.39 is 11.8 Å². The van der Waals surface area contributed by atoms with Gasteiger partial charge in [0.25, 0.3) is 0 Å². The van der Waals surface area contributed by atoms with E-state index in [1.807, 2.05) is 30.3 Å². The highest BCUT2D eigenvalue weighted by Gasteiger charge is 2.19. The van der Waals surface area contributed by atoms with Crippen molar-refractivity contribution in [3.63, 3.8) is 0 Å². The van der Waals surface area contributed by atoms with Gasteiger partial charge in [0, 0.05) is 10.8 Å². The summed E-state index contributed by atoms with van der Waals surface area (Å²) in [7, 11) is 1.61. The molecule has 0 radical (unpaired) electrons. The van der Waals surface area contributed by atoms with Crippen LogP contribution in [0.1, 0.15) is 20.8 Å². The van der Waals surface area contributed by atoms with Crippen molar-refractivity contribution in [2.24, 2.45) is 0 Å². The Morgan fingerprint density at radius 2 is 1.50 bits per heavy atom. The van der Waals surface area contributed by atoms with Gasteiger partial charge in [0.1, 0.15) is 17.1 Å². The molecule has 0 aliphatic heterocycles. The average molecular weight is 274 g/mol. The first-order valence-corrected chi connectivity index (χ1v) is 6.37. The summed E-state index contributed by atoms with van der Waals surface area (Å²) in [6.07, 6.45) is -0.715. The molecule has 0 fully saturated rings. The van der Waals surface area contributed by atoms with Gasteiger partial charge >= 0.3 is 6.16 Å². The summed E-state index contributed by atoms with van der Waals surface area (Å²) >= 11 is 0. The predicted octanol–water partition coefficient (Wildman–Crippen LogP) is 4.16. The van der Waals surface area contributed by atoms with Crippen LogP contribution in [0.2, 0.25) is 0 Å². The molecular weight excluding hydrogens is 256 g/mol. The van der Waals surface area contributed by atoms with Crippen LogP contribution in [0.4, 0.5) is 4.79 Å². The molecule has 0 saturated heterocycles. The molecule has 2 rings (SSSR count). The fourth-order valence-electron chi connectivity index (χ4n) is 1.88. The Labute approximate surface area is 118 Å². The Bertz CT molecular complexity index is 626. The predicted molar refractivity (Wildman–Crippen MR) is 77.4 cm³/mol. The maximum absolute atomic E-state index is 11.8. The molecular formula is C16H18O4. The minimum atomic E-state index is -0.715. The lowest BCUT2D eigenvalue weighted by Crippen LogP contribution is -2.26. The third-order valence-corrected chi connectivity index (χ3v) is 2.64. The van der Waals surface area contributed by atoms with Crippen molar-refractivity contribution in [3.8, 4) is 11.5 Å². The normalized spacial score (nSPS) is 11.2. The summed E-state index contributed by atoms with van der Waals surface area (Å²) in [4.78, 5) is 11.8. The summed E-state index contributed by atoms with van der Waals surface area (Å²) < 4.78 is 15.7. The highest BCUT2D eigenvalue weighted by atomic mass is 16.7. The molecule has 106 valence electrons. The van der Waals surface area contributed by atoms with E-state index in [0.29, 0.717) is 5.75 Å². The van der Waals surface area contributed by atoms with Gasteiger partial charge in [-0.15, -0.1) is 0 Å². The van der Waals surface area contributed by atoms with Crippen LogP contribution in [0, 0.1) is 0 Å². The minimum absolute atomic E-state index is 0.454. The molecule has 0 atom stereocenters. The number of fused-ring (bicyclic) bond motifs is 1. The van der Waals surface area contributed by atoms with Crippen molar-refractivity contribution in [2.75, 3.05) is 7.11 Å². The summed E-state index contributed by atoms with van der Waals surface area (Å²) in [6.45, 7) is 5.38. The zero-order valence-electron chi connectivity index (χ0n) is 12.1. The average Bonchev–Trinajstić information content (AvgIpc) is 2.36. The highest BCUT2D eigenvalue weighted by molar-refractivity contribution is 5.94. The molecule has 0 unspecified atom stereocenters. The van der Waals surface area contributed by atoms with Gasteiger partial charge in [-0.3, -0.25) is 0 Å². The number of methoxy groups -OCH3 is 1. The lowest BCUT2D eigenvalue weighted by Gasteiger charge is -2.19. The first-order valence-electron chi connectivity index (χ1n) is 6.37. The molecule has 0 heterocycles. The fraction of sp³-hybridized carbons (Fsp3) is 0.312. The van der Waals surface area contributed by atoms with Crippen molar-refractivity contribution in [2.45, 2.75) is 26.4 Å². The van der Waals surface area contributed by atoms with Gasteiger partial charge in [0.15, 0.2) is 0 Å². The van der Waals surface area contributed by atoms with Gasteiger partial charge in [-0.2, -0.15) is 0 Å². The molecule has 2 aromatic rings. The summed E-state index contributed by atoms with van der Waals surface area (Å²) in [5.74, 6) is 1.19. The molecule has 0 saturated carbocycles. The van der Waals surface area contributed by atoms with Crippen LogP contribution < -0.4 is 9.47 Å². The number of ether oxygens (including phenoxy) is 3. The molecule has 0 bridgehead atoms. The topological polar surface area (TPSA) is 44.8 Å². The maximum atomic E-state index is 11.8. The third-order valence-electron chi connectivity index (χ3n) is 2.64. The van der Waals surface area contributed by atoms with Gasteiger partial charge in [0.2, 0.25) is 0 Å². The second kappa shape index (κ2) is 5.41. The summed E-state index contributed by atoms with van der Waals surface area (Å²) in [6, 6.07) is 11.0. The van der Waals surface area contributed by atoms with Gasteiger partial charge in [-0.25, -0.2) is 4.79 Å². The third kappa shape index (κ3) is 3.20. The molecule has 20 heavy (non-hydrogen) atoms. The number of rotatable bonds is 2. The smallest absolute Gasteiger partial charge is 0.496 e. The molecule has 0 amide bonds. The van der Waals surface area contributed by atoms with Gasteiger partial charge in [-0.1, -0.05) is 24.3 Å². The lowest BCUT2D eigenvalue weighted by atomic mass is 10.1. The van der Waals surface area contributed by atoms with Crippen LogP contribution in [0.3, 0.4) is 0 Å². The van der Waals surface area contributed by atoms with E-state index in [9.17, 15) is 4.79 Å². The first kappa shape index (κ1) is 14.2. The molecule has 0 spiro atoms. The first-order chi connectivity index (χ1) is 9.40. The SMILES string of the molecule is COc1cccc2c(OC(=O)OC(C)(C)C)cccc12. The van der Waals surface area contributed by atoms with Gasteiger partial charge in [-0.05, 0) is 32.9 Å². The van der Waals surface area contributed by atoms with Crippen LogP contribution in [-0.4, -0.2) is 18.9 Å². The minimum Gasteiger partial charge on any atom is -0.496 e. The van der Waals surface area contributed by atoms with Crippen molar-refractivity contribution in [3.05, 3.63) is 36.4 Å². The van der Waals surface area contributed by atoms with E-state index >= 15 is 0 Å². The van der Waals surface area contributed by atoms with E-state index in [1.165, 1.54) is 0 Å². The lowest BCUT2D eigenvalue weighted by molar-refractivity contribution is 0.0209. The van der Waals surface area contributed by atoms with Crippen LogP contribution in [0.25, 0.3) is 10.8 Å². The van der Waals surface area contributed by atoms with Crippen LogP contribution in [-0.2, 0) is 4.74 Å². The Morgan fingerprint density at radius 1 is 0.950 bits per heavy atom. The fourth-order valence-corrected chi connectivity index (χ4v) is 1.88. The maximum Gasteiger partial charge on any atom is 0.514 e. The molecule has 0 N–H and O–H groups in total. The van der Waals surface area contributed by atoms with Crippen LogP contribution in [0.5, 0.6) is 11.5 Å². The van der Waals surface area contributed by atoms with E-state index in [2.05, 4.69) is 0 Å². The van der Waals surface area contributed by atoms with Crippen molar-refractivity contribution in [1.82, 2.24) is 0 Å². The van der Waals surface area contributed by atoms with E-state index in [4.69, 9.17) is 14.2 Å². The number of hydrogen-bond donors (Lipinski definition) is 0. The monoisotopic (exact) mass is 274 g/mol. The second-order valence-electron chi connectivity index (χ2n) is 5.38.